The maximum absolute atomic E-state index is 13.4. The standard InChI is InChI=1S/C11H6F7N/c12-9(10(13,14)15,11(16,17)18)5-7-2-1-3-8(4-7)6-19/h1-4H,5H2. The van der Waals surface area contributed by atoms with Crippen molar-refractivity contribution in [1.29, 1.82) is 5.26 Å². The van der Waals surface area contributed by atoms with Gasteiger partial charge in [-0.1, -0.05) is 12.1 Å². The first-order valence-electron chi connectivity index (χ1n) is 4.82. The van der Waals surface area contributed by atoms with Crippen molar-refractivity contribution in [3.05, 3.63) is 35.4 Å². The van der Waals surface area contributed by atoms with Gasteiger partial charge in [0.05, 0.1) is 11.6 Å². The van der Waals surface area contributed by atoms with Crippen molar-refractivity contribution in [1.82, 2.24) is 0 Å². The van der Waals surface area contributed by atoms with Crippen LogP contribution in [0.15, 0.2) is 24.3 Å². The molecule has 0 aromatic heterocycles. The number of hydrogen-bond acceptors (Lipinski definition) is 1. The van der Waals surface area contributed by atoms with Crippen LogP contribution in [0.2, 0.25) is 0 Å². The molecule has 0 N–H and O–H groups in total. The number of alkyl halides is 7. The SMILES string of the molecule is N#Cc1cccc(CC(F)(C(F)(F)F)C(F)(F)F)c1. The molecule has 0 saturated heterocycles. The van der Waals surface area contributed by atoms with E-state index in [0.717, 1.165) is 18.2 Å². The molecule has 0 bridgehead atoms. The van der Waals surface area contributed by atoms with Gasteiger partial charge in [0.25, 0.3) is 0 Å². The van der Waals surface area contributed by atoms with E-state index in [9.17, 15) is 30.7 Å². The van der Waals surface area contributed by atoms with Gasteiger partial charge in [-0.25, -0.2) is 4.39 Å². The largest absolute Gasteiger partial charge is 0.431 e. The zero-order valence-electron chi connectivity index (χ0n) is 9.11. The van der Waals surface area contributed by atoms with Crippen LogP contribution in [-0.4, -0.2) is 18.0 Å². The van der Waals surface area contributed by atoms with E-state index in [1.807, 2.05) is 0 Å². The van der Waals surface area contributed by atoms with E-state index in [1.54, 1.807) is 6.07 Å². The lowest BCUT2D eigenvalue weighted by molar-refractivity contribution is -0.340. The van der Waals surface area contributed by atoms with Gasteiger partial charge in [0, 0.05) is 6.42 Å². The first-order valence-corrected chi connectivity index (χ1v) is 4.82. The van der Waals surface area contributed by atoms with Gasteiger partial charge in [0.2, 0.25) is 0 Å². The number of nitrogens with zero attached hydrogens (tertiary/aromatic N) is 1. The van der Waals surface area contributed by atoms with Gasteiger partial charge in [0.15, 0.2) is 0 Å². The van der Waals surface area contributed by atoms with Crippen molar-refractivity contribution in [2.24, 2.45) is 0 Å². The van der Waals surface area contributed by atoms with Gasteiger partial charge in [-0.3, -0.25) is 0 Å². The van der Waals surface area contributed by atoms with Crippen molar-refractivity contribution in [3.8, 4) is 6.07 Å². The molecule has 0 amide bonds. The average molecular weight is 285 g/mol. The van der Waals surface area contributed by atoms with E-state index >= 15 is 0 Å². The number of benzene rings is 1. The molecule has 0 unspecified atom stereocenters. The zero-order chi connectivity index (χ0) is 14.9. The molecule has 0 fully saturated rings. The van der Waals surface area contributed by atoms with Crippen LogP contribution in [0, 0.1) is 11.3 Å². The van der Waals surface area contributed by atoms with Crippen molar-refractivity contribution < 1.29 is 30.7 Å². The highest BCUT2D eigenvalue weighted by Gasteiger charge is 2.72. The molecule has 8 heteroatoms. The maximum atomic E-state index is 13.4. The minimum Gasteiger partial charge on any atom is -0.223 e. The Morgan fingerprint density at radius 3 is 1.89 bits per heavy atom. The zero-order valence-corrected chi connectivity index (χ0v) is 9.11. The summed E-state index contributed by atoms with van der Waals surface area (Å²) in [6.07, 6.45) is -14.1. The summed E-state index contributed by atoms with van der Waals surface area (Å²) in [4.78, 5) is 0. The van der Waals surface area contributed by atoms with E-state index in [1.165, 1.54) is 6.07 Å². The van der Waals surface area contributed by atoms with Crippen LogP contribution in [0.25, 0.3) is 0 Å². The predicted octanol–water partition coefficient (Wildman–Crippen LogP) is 3.93. The lowest BCUT2D eigenvalue weighted by Gasteiger charge is -2.30. The van der Waals surface area contributed by atoms with E-state index in [0.29, 0.717) is 0 Å². The third-order valence-corrected chi connectivity index (χ3v) is 2.40. The summed E-state index contributed by atoms with van der Waals surface area (Å²) in [7, 11) is 0. The Morgan fingerprint density at radius 2 is 1.47 bits per heavy atom. The Labute approximate surface area is 103 Å². The second kappa shape index (κ2) is 4.72. The number of nitriles is 1. The second-order valence-corrected chi connectivity index (χ2v) is 3.79. The third-order valence-electron chi connectivity index (χ3n) is 2.40. The molecule has 104 valence electrons. The molecule has 0 heterocycles. The summed E-state index contributed by atoms with van der Waals surface area (Å²) in [5, 5.41) is 8.49. The summed E-state index contributed by atoms with van der Waals surface area (Å²) >= 11 is 0. The highest BCUT2D eigenvalue weighted by molar-refractivity contribution is 5.33. The van der Waals surface area contributed by atoms with E-state index in [2.05, 4.69) is 0 Å². The van der Waals surface area contributed by atoms with Crippen molar-refractivity contribution >= 4 is 0 Å². The average Bonchev–Trinajstić information content (AvgIpc) is 2.26. The molecule has 0 aliphatic rings. The summed E-state index contributed by atoms with van der Waals surface area (Å²) in [5.74, 6) is 0. The Morgan fingerprint density at radius 1 is 0.947 bits per heavy atom. The van der Waals surface area contributed by atoms with E-state index in [-0.39, 0.29) is 5.56 Å². The minimum absolute atomic E-state index is 0.149. The highest BCUT2D eigenvalue weighted by Crippen LogP contribution is 2.48. The quantitative estimate of drug-likeness (QED) is 0.755. The van der Waals surface area contributed by atoms with Crippen molar-refractivity contribution in [2.45, 2.75) is 24.4 Å². The Bertz CT molecular complexity index is 481. The molecule has 0 aliphatic carbocycles. The monoisotopic (exact) mass is 285 g/mol. The fourth-order valence-corrected chi connectivity index (χ4v) is 1.39. The summed E-state index contributed by atoms with van der Waals surface area (Å²) in [6, 6.07) is 5.49. The van der Waals surface area contributed by atoms with Crippen LogP contribution < -0.4 is 0 Å². The maximum Gasteiger partial charge on any atom is 0.431 e. The highest BCUT2D eigenvalue weighted by atomic mass is 19.4. The van der Waals surface area contributed by atoms with Crippen LogP contribution in [0.4, 0.5) is 30.7 Å². The Hall–Kier alpha value is -1.78. The molecule has 19 heavy (non-hydrogen) atoms. The summed E-state index contributed by atoms with van der Waals surface area (Å²) in [6.45, 7) is 0. The van der Waals surface area contributed by atoms with Crippen LogP contribution in [0.1, 0.15) is 11.1 Å². The van der Waals surface area contributed by atoms with Gasteiger partial charge >= 0.3 is 18.0 Å². The van der Waals surface area contributed by atoms with Crippen LogP contribution in [0.5, 0.6) is 0 Å². The predicted molar refractivity (Wildman–Crippen MR) is 50.8 cm³/mol. The fourth-order valence-electron chi connectivity index (χ4n) is 1.39. The molecule has 1 rings (SSSR count). The lowest BCUT2D eigenvalue weighted by Crippen LogP contribution is -2.54. The van der Waals surface area contributed by atoms with E-state index < -0.39 is 30.0 Å². The fraction of sp³-hybridized carbons (Fsp3) is 0.364. The topological polar surface area (TPSA) is 23.8 Å². The van der Waals surface area contributed by atoms with Gasteiger partial charge in [-0.2, -0.15) is 31.6 Å². The first-order chi connectivity index (χ1) is 8.51. The molecule has 1 aromatic rings. The first kappa shape index (κ1) is 15.3. The molecule has 0 aliphatic heterocycles. The molecule has 1 aromatic carbocycles. The normalized spacial score (nSPS) is 13.2. The summed E-state index contributed by atoms with van der Waals surface area (Å²) < 4.78 is 87.2. The Balaban J connectivity index is 3.20. The molecule has 1 nitrogen and oxygen atoms in total. The number of rotatable bonds is 2. The van der Waals surface area contributed by atoms with Gasteiger partial charge in [-0.05, 0) is 17.7 Å². The van der Waals surface area contributed by atoms with Crippen LogP contribution in [0.3, 0.4) is 0 Å². The smallest absolute Gasteiger partial charge is 0.223 e. The van der Waals surface area contributed by atoms with Crippen LogP contribution in [-0.2, 0) is 6.42 Å². The second-order valence-electron chi connectivity index (χ2n) is 3.79. The molecule has 0 saturated carbocycles. The molecule has 0 spiro atoms. The molecular weight excluding hydrogens is 279 g/mol. The molecular formula is C11H6F7N. The minimum atomic E-state index is -6.09. The van der Waals surface area contributed by atoms with Gasteiger partial charge < -0.3 is 0 Å². The molecule has 0 atom stereocenters. The summed E-state index contributed by atoms with van der Waals surface area (Å²) in [5.41, 5.74) is -6.05. The van der Waals surface area contributed by atoms with E-state index in [4.69, 9.17) is 5.26 Å². The van der Waals surface area contributed by atoms with Gasteiger partial charge in [0.1, 0.15) is 0 Å². The van der Waals surface area contributed by atoms with Crippen LogP contribution >= 0.6 is 0 Å². The number of halogens is 7. The van der Waals surface area contributed by atoms with Gasteiger partial charge in [-0.15, -0.1) is 0 Å². The third kappa shape index (κ3) is 2.97. The number of hydrogen-bond donors (Lipinski definition) is 0. The van der Waals surface area contributed by atoms with Crippen molar-refractivity contribution in [2.75, 3.05) is 0 Å². The Kier molecular flexibility index (Phi) is 3.79. The lowest BCUT2D eigenvalue weighted by atomic mass is 9.94. The molecule has 0 radical (unpaired) electrons. The van der Waals surface area contributed by atoms with Crippen molar-refractivity contribution in [3.63, 3.8) is 0 Å².